The number of nitrogens with zero attached hydrogens (tertiary/aromatic N) is 6. The van der Waals surface area contributed by atoms with Crippen LogP contribution in [0.15, 0.2) is 42.7 Å². The first-order chi connectivity index (χ1) is 19.4. The third-order valence-electron chi connectivity index (χ3n) is 5.96. The van der Waals surface area contributed by atoms with Gasteiger partial charge in [0.15, 0.2) is 17.3 Å². The number of hydrogen-bond donors (Lipinski definition) is 1. The predicted octanol–water partition coefficient (Wildman–Crippen LogP) is 5.29. The molecule has 0 aliphatic carbocycles. The molecule has 0 saturated heterocycles. The molecule has 4 aromatic rings. The molecule has 18 heteroatoms. The third kappa shape index (κ3) is 5.83. The number of alkyl halides is 7. The third-order valence-corrected chi connectivity index (χ3v) is 6.88. The summed E-state index contributed by atoms with van der Waals surface area (Å²) < 4.78 is 95.1. The molecular weight excluding hydrogens is 714 g/mol. The van der Waals surface area contributed by atoms with Crippen LogP contribution in [0, 0.1) is 10.5 Å². The molecule has 3 aromatic heterocycles. The van der Waals surface area contributed by atoms with E-state index in [-0.39, 0.29) is 40.4 Å². The summed E-state index contributed by atoms with van der Waals surface area (Å²) in [5.41, 5.74) is 4.42. The van der Waals surface area contributed by atoms with Crippen molar-refractivity contribution in [2.75, 3.05) is 0 Å². The second-order valence-electron chi connectivity index (χ2n) is 8.90. The van der Waals surface area contributed by atoms with E-state index in [0.717, 1.165) is 4.68 Å². The number of ketones is 1. The molecule has 1 aromatic carbocycles. The van der Waals surface area contributed by atoms with Gasteiger partial charge in [-0.1, -0.05) is 16.8 Å². The highest BCUT2D eigenvalue weighted by molar-refractivity contribution is 14.1. The summed E-state index contributed by atoms with van der Waals surface area (Å²) in [5.74, 6) is -13.5. The smallest absolute Gasteiger partial charge is 0.366 e. The van der Waals surface area contributed by atoms with E-state index in [1.807, 2.05) is 22.6 Å². The molecule has 0 aliphatic rings. The van der Waals surface area contributed by atoms with Crippen molar-refractivity contribution in [3.63, 3.8) is 0 Å². The summed E-state index contributed by atoms with van der Waals surface area (Å²) in [4.78, 5) is 29.7. The van der Waals surface area contributed by atoms with Crippen molar-refractivity contribution in [2.45, 2.75) is 37.9 Å². The van der Waals surface area contributed by atoms with Crippen molar-refractivity contribution in [1.29, 1.82) is 0 Å². The number of primary amides is 1. The van der Waals surface area contributed by atoms with Crippen LogP contribution in [-0.2, 0) is 18.9 Å². The molecule has 42 heavy (non-hydrogen) atoms. The number of aromatic nitrogens is 6. The molecule has 2 N–H and O–H groups in total. The molecule has 0 bridgehead atoms. The Morgan fingerprint density at radius 2 is 1.79 bits per heavy atom. The Hall–Kier alpha value is -3.61. The largest absolute Gasteiger partial charge is 0.460 e. The zero-order valence-electron chi connectivity index (χ0n) is 20.9. The molecule has 4 rings (SSSR count). The topological polar surface area (TPSA) is 122 Å². The fourth-order valence-corrected chi connectivity index (χ4v) is 4.88. The first-order valence-corrected chi connectivity index (χ1v) is 12.9. The van der Waals surface area contributed by atoms with Gasteiger partial charge in [-0.25, -0.2) is 14.3 Å². The van der Waals surface area contributed by atoms with E-state index in [1.54, 1.807) is 13.0 Å². The Morgan fingerprint density at radius 1 is 1.10 bits per heavy atom. The van der Waals surface area contributed by atoms with Crippen LogP contribution in [0.5, 0.6) is 0 Å². The summed E-state index contributed by atoms with van der Waals surface area (Å²) in [6.07, 6.45) is -5.33. The van der Waals surface area contributed by atoms with Crippen molar-refractivity contribution in [2.24, 2.45) is 5.73 Å². The Bertz CT molecular complexity index is 1690. The van der Waals surface area contributed by atoms with Gasteiger partial charge in [-0.05, 0) is 71.0 Å². The summed E-state index contributed by atoms with van der Waals surface area (Å²) in [6, 6.07) is 7.38. The molecule has 0 aliphatic heterocycles. The average Bonchev–Trinajstić information content (AvgIpc) is 3.53. The van der Waals surface area contributed by atoms with Gasteiger partial charge in [0.1, 0.15) is 5.69 Å². The molecule has 3 heterocycles. The van der Waals surface area contributed by atoms with Crippen LogP contribution in [0.1, 0.15) is 43.4 Å². The zero-order valence-corrected chi connectivity index (χ0v) is 23.8. The summed E-state index contributed by atoms with van der Waals surface area (Å²) in [5, 5.41) is 10.3. The van der Waals surface area contributed by atoms with Gasteiger partial charge in [-0.15, -0.1) is 5.10 Å². The summed E-state index contributed by atoms with van der Waals surface area (Å²) in [7, 11) is 0. The molecule has 0 unspecified atom stereocenters. The van der Waals surface area contributed by atoms with Crippen LogP contribution >= 0.6 is 34.2 Å². The standard InChI is InChI=1S/C24H16ClF7IN7O2/c1-11-5-12(33)6-15(20(34)42)14(11)8-18(41)17-7-13(37-40(17)21-16(25)3-2-4-35-21)9-39-10-19(36-38-39)22(26,27)23(28,29)24(30,31)32/h2-7,10H,8-9H2,1H3,(H2,34,42). The van der Waals surface area contributed by atoms with E-state index < -0.39 is 42.0 Å². The second-order valence-corrected chi connectivity index (χ2v) is 10.6. The molecule has 0 spiro atoms. The number of hydrogen-bond acceptors (Lipinski definition) is 6. The Kier molecular flexibility index (Phi) is 8.38. The van der Waals surface area contributed by atoms with Crippen molar-refractivity contribution in [3.05, 3.63) is 85.1 Å². The minimum Gasteiger partial charge on any atom is -0.366 e. The number of pyridine rings is 1. The van der Waals surface area contributed by atoms with Crippen molar-refractivity contribution >= 4 is 45.9 Å². The van der Waals surface area contributed by atoms with Crippen LogP contribution in [0.2, 0.25) is 5.02 Å². The fraction of sp³-hybridized carbons (Fsp3) is 0.250. The summed E-state index contributed by atoms with van der Waals surface area (Å²) in [6.45, 7) is 1.10. The van der Waals surface area contributed by atoms with Gasteiger partial charge >= 0.3 is 18.0 Å². The number of carbonyl (C=O) groups excluding carboxylic acids is 2. The number of rotatable bonds is 9. The van der Waals surface area contributed by atoms with Gasteiger partial charge in [0.25, 0.3) is 0 Å². The first-order valence-electron chi connectivity index (χ1n) is 11.5. The lowest BCUT2D eigenvalue weighted by molar-refractivity contribution is -0.360. The van der Waals surface area contributed by atoms with E-state index in [2.05, 4.69) is 20.4 Å². The molecule has 222 valence electrons. The van der Waals surface area contributed by atoms with Crippen LogP contribution < -0.4 is 5.73 Å². The van der Waals surface area contributed by atoms with Gasteiger partial charge < -0.3 is 5.73 Å². The lowest BCUT2D eigenvalue weighted by atomic mass is 9.96. The molecule has 1 amide bonds. The highest BCUT2D eigenvalue weighted by atomic mass is 127. The van der Waals surface area contributed by atoms with E-state index in [4.69, 9.17) is 17.3 Å². The Morgan fingerprint density at radius 3 is 2.40 bits per heavy atom. The Labute approximate surface area is 250 Å². The monoisotopic (exact) mass is 729 g/mol. The second kappa shape index (κ2) is 11.2. The van der Waals surface area contributed by atoms with Gasteiger partial charge in [0.2, 0.25) is 5.91 Å². The maximum atomic E-state index is 14.1. The van der Waals surface area contributed by atoms with Crippen LogP contribution in [0.25, 0.3) is 5.82 Å². The van der Waals surface area contributed by atoms with E-state index in [0.29, 0.717) is 19.4 Å². The molecule has 0 fully saturated rings. The molecular formula is C24H16ClF7IN7O2. The van der Waals surface area contributed by atoms with Gasteiger partial charge in [-0.2, -0.15) is 35.8 Å². The highest BCUT2D eigenvalue weighted by Crippen LogP contribution is 2.51. The summed E-state index contributed by atoms with van der Waals surface area (Å²) >= 11 is 8.22. The van der Waals surface area contributed by atoms with Crippen molar-refractivity contribution in [1.82, 2.24) is 29.8 Å². The minimum absolute atomic E-state index is 0.0149. The number of nitrogens with two attached hydrogens (primary N) is 1. The van der Waals surface area contributed by atoms with Gasteiger partial charge in [0.05, 0.1) is 23.5 Å². The quantitative estimate of drug-likeness (QED) is 0.142. The normalized spacial score (nSPS) is 12.5. The number of amides is 1. The molecule has 0 atom stereocenters. The number of carbonyl (C=O) groups is 2. The van der Waals surface area contributed by atoms with Crippen molar-refractivity contribution in [3.8, 4) is 5.82 Å². The molecule has 0 radical (unpaired) electrons. The number of Topliss-reactive ketones (excluding diaryl/α,β-unsaturated/α-hetero) is 1. The minimum atomic E-state index is -6.56. The van der Waals surface area contributed by atoms with E-state index in [1.165, 1.54) is 30.5 Å². The van der Waals surface area contributed by atoms with Gasteiger partial charge in [0, 0.05) is 21.8 Å². The number of aryl methyl sites for hydroxylation is 1. The van der Waals surface area contributed by atoms with Crippen LogP contribution in [-0.4, -0.2) is 53.5 Å². The SMILES string of the molecule is Cc1cc(I)cc(C(N)=O)c1CC(=O)c1cc(Cn2cc(C(F)(F)C(F)(F)C(F)(F)F)nn2)nn1-c1ncccc1Cl. The molecule has 9 nitrogen and oxygen atoms in total. The highest BCUT2D eigenvalue weighted by Gasteiger charge is 2.74. The fourth-order valence-electron chi connectivity index (χ4n) is 3.90. The van der Waals surface area contributed by atoms with Crippen LogP contribution in [0.4, 0.5) is 30.7 Å². The average molecular weight is 730 g/mol. The number of benzene rings is 1. The predicted molar refractivity (Wildman–Crippen MR) is 141 cm³/mol. The van der Waals surface area contributed by atoms with E-state index >= 15 is 0 Å². The lowest BCUT2D eigenvalue weighted by Gasteiger charge is -2.26. The maximum absolute atomic E-state index is 14.1. The number of halogens is 9. The maximum Gasteiger partial charge on any atom is 0.460 e. The van der Waals surface area contributed by atoms with Crippen LogP contribution in [0.3, 0.4) is 0 Å². The first kappa shape index (κ1) is 31.3. The molecule has 0 saturated carbocycles. The zero-order chi connectivity index (χ0) is 31.2. The lowest BCUT2D eigenvalue weighted by Crippen LogP contribution is -2.50. The Balaban J connectivity index is 1.73. The van der Waals surface area contributed by atoms with E-state index in [9.17, 15) is 40.3 Å². The van der Waals surface area contributed by atoms with Gasteiger partial charge in [-0.3, -0.25) is 9.59 Å². The van der Waals surface area contributed by atoms with Crippen molar-refractivity contribution < 1.29 is 40.3 Å².